The van der Waals surface area contributed by atoms with Gasteiger partial charge in [0.2, 0.25) is 5.91 Å². The number of rotatable bonds is 1. The summed E-state index contributed by atoms with van der Waals surface area (Å²) in [6, 6.07) is 0.441. The number of nitrogens with one attached hydrogen (secondary N) is 1. The summed E-state index contributed by atoms with van der Waals surface area (Å²) in [6.07, 6.45) is 12.1. The number of allylic oxidation sites excluding steroid dienone is 1. The van der Waals surface area contributed by atoms with Crippen LogP contribution in [0.4, 0.5) is 0 Å². The SMILES string of the molecule is C=CC1CCC2C3CCC4NC(=O)CCC4(C)C3CCC12C. The number of hydrogen-bond acceptors (Lipinski definition) is 1. The molecular formula is C20H31NO. The molecule has 4 aliphatic rings. The normalized spacial score (nSPS) is 53.9. The van der Waals surface area contributed by atoms with Crippen molar-refractivity contribution < 1.29 is 4.79 Å². The largest absolute Gasteiger partial charge is 0.353 e. The molecule has 1 saturated heterocycles. The smallest absolute Gasteiger partial charge is 0.220 e. The summed E-state index contributed by atoms with van der Waals surface area (Å²) >= 11 is 0. The van der Waals surface area contributed by atoms with Crippen molar-refractivity contribution in [3.8, 4) is 0 Å². The van der Waals surface area contributed by atoms with E-state index in [0.29, 0.717) is 16.9 Å². The highest BCUT2D eigenvalue weighted by Gasteiger charge is 2.59. The van der Waals surface area contributed by atoms with E-state index in [1.807, 2.05) is 0 Å². The molecule has 1 N–H and O–H groups in total. The van der Waals surface area contributed by atoms with Crippen molar-refractivity contribution in [2.75, 3.05) is 0 Å². The van der Waals surface area contributed by atoms with Gasteiger partial charge in [0.1, 0.15) is 0 Å². The number of fused-ring (bicyclic) bond motifs is 5. The number of piperidine rings is 1. The van der Waals surface area contributed by atoms with Gasteiger partial charge in [-0.1, -0.05) is 19.9 Å². The van der Waals surface area contributed by atoms with E-state index in [2.05, 4.69) is 31.8 Å². The Morgan fingerprint density at radius 2 is 1.82 bits per heavy atom. The molecule has 1 heterocycles. The van der Waals surface area contributed by atoms with E-state index in [1.165, 1.54) is 38.5 Å². The molecule has 0 spiro atoms. The molecule has 3 saturated carbocycles. The molecule has 0 bridgehead atoms. The fourth-order valence-electron chi connectivity index (χ4n) is 7.13. The Bertz CT molecular complexity index is 500. The summed E-state index contributed by atoms with van der Waals surface area (Å²) in [5, 5.41) is 3.33. The Labute approximate surface area is 135 Å². The van der Waals surface area contributed by atoms with Crippen LogP contribution in [-0.2, 0) is 4.79 Å². The van der Waals surface area contributed by atoms with E-state index in [9.17, 15) is 4.79 Å². The fourth-order valence-corrected chi connectivity index (χ4v) is 7.13. The highest BCUT2D eigenvalue weighted by Crippen LogP contribution is 2.65. The predicted octanol–water partition coefficient (Wildman–Crippen LogP) is 4.31. The monoisotopic (exact) mass is 301 g/mol. The topological polar surface area (TPSA) is 29.1 Å². The van der Waals surface area contributed by atoms with Gasteiger partial charge in [-0.15, -0.1) is 6.58 Å². The van der Waals surface area contributed by atoms with Crippen molar-refractivity contribution in [3.05, 3.63) is 12.7 Å². The highest BCUT2D eigenvalue weighted by molar-refractivity contribution is 5.77. The van der Waals surface area contributed by atoms with E-state index in [-0.39, 0.29) is 5.91 Å². The lowest BCUT2D eigenvalue weighted by atomic mass is 9.47. The first kappa shape index (κ1) is 14.8. The third-order valence-corrected chi connectivity index (χ3v) is 8.45. The van der Waals surface area contributed by atoms with Crippen molar-refractivity contribution in [1.82, 2.24) is 5.32 Å². The van der Waals surface area contributed by atoms with E-state index in [0.717, 1.165) is 36.5 Å². The molecule has 7 atom stereocenters. The van der Waals surface area contributed by atoms with Gasteiger partial charge in [-0.2, -0.15) is 0 Å². The highest BCUT2D eigenvalue weighted by atomic mass is 16.1. The first-order chi connectivity index (χ1) is 10.5. The summed E-state index contributed by atoms with van der Waals surface area (Å²) in [7, 11) is 0. The Morgan fingerprint density at radius 1 is 1.05 bits per heavy atom. The zero-order chi connectivity index (χ0) is 15.5. The van der Waals surface area contributed by atoms with Crippen LogP contribution in [0.5, 0.6) is 0 Å². The lowest BCUT2D eigenvalue weighted by Gasteiger charge is -2.60. The molecule has 4 fully saturated rings. The van der Waals surface area contributed by atoms with Crippen molar-refractivity contribution in [2.45, 2.75) is 71.3 Å². The van der Waals surface area contributed by atoms with Crippen LogP contribution < -0.4 is 5.32 Å². The van der Waals surface area contributed by atoms with Crippen LogP contribution in [0.1, 0.15) is 65.2 Å². The Hall–Kier alpha value is -0.790. The van der Waals surface area contributed by atoms with E-state index >= 15 is 0 Å². The van der Waals surface area contributed by atoms with Gasteiger partial charge in [0, 0.05) is 12.5 Å². The van der Waals surface area contributed by atoms with Crippen LogP contribution in [0.2, 0.25) is 0 Å². The van der Waals surface area contributed by atoms with Gasteiger partial charge in [-0.05, 0) is 79.4 Å². The van der Waals surface area contributed by atoms with Crippen LogP contribution in [0, 0.1) is 34.5 Å². The van der Waals surface area contributed by atoms with Gasteiger partial charge in [0.05, 0.1) is 0 Å². The van der Waals surface area contributed by atoms with Gasteiger partial charge < -0.3 is 5.32 Å². The quantitative estimate of drug-likeness (QED) is 0.718. The minimum atomic E-state index is 0.286. The van der Waals surface area contributed by atoms with Crippen LogP contribution in [0.3, 0.4) is 0 Å². The molecule has 7 unspecified atom stereocenters. The second-order valence-corrected chi connectivity index (χ2v) is 9.04. The van der Waals surface area contributed by atoms with Crippen molar-refractivity contribution in [1.29, 1.82) is 0 Å². The molecule has 0 aromatic rings. The maximum Gasteiger partial charge on any atom is 0.220 e. The fraction of sp³-hybridized carbons (Fsp3) is 0.850. The van der Waals surface area contributed by atoms with Crippen LogP contribution in [-0.4, -0.2) is 11.9 Å². The summed E-state index contributed by atoms with van der Waals surface area (Å²) in [6.45, 7) is 9.15. The van der Waals surface area contributed by atoms with E-state index in [1.54, 1.807) is 0 Å². The van der Waals surface area contributed by atoms with Gasteiger partial charge in [0.15, 0.2) is 0 Å². The lowest BCUT2D eigenvalue weighted by molar-refractivity contribution is -0.136. The Morgan fingerprint density at radius 3 is 2.59 bits per heavy atom. The van der Waals surface area contributed by atoms with Crippen LogP contribution in [0.25, 0.3) is 0 Å². The lowest BCUT2D eigenvalue weighted by Crippen LogP contribution is -2.61. The molecule has 2 heteroatoms. The maximum absolute atomic E-state index is 11.8. The summed E-state index contributed by atoms with van der Waals surface area (Å²) in [5.74, 6) is 3.63. The minimum Gasteiger partial charge on any atom is -0.353 e. The van der Waals surface area contributed by atoms with Gasteiger partial charge >= 0.3 is 0 Å². The summed E-state index contributed by atoms with van der Waals surface area (Å²) in [5.41, 5.74) is 0.856. The molecule has 0 aromatic heterocycles. The summed E-state index contributed by atoms with van der Waals surface area (Å²) < 4.78 is 0. The molecule has 1 amide bonds. The maximum atomic E-state index is 11.8. The van der Waals surface area contributed by atoms with Crippen LogP contribution >= 0.6 is 0 Å². The second-order valence-electron chi connectivity index (χ2n) is 9.04. The molecule has 0 radical (unpaired) electrons. The van der Waals surface area contributed by atoms with Gasteiger partial charge in [-0.3, -0.25) is 4.79 Å². The molecule has 1 aliphatic heterocycles. The Kier molecular flexibility index (Phi) is 3.26. The first-order valence-electron chi connectivity index (χ1n) is 9.41. The molecule has 2 nitrogen and oxygen atoms in total. The van der Waals surface area contributed by atoms with Gasteiger partial charge in [-0.25, -0.2) is 0 Å². The average Bonchev–Trinajstić information content (AvgIpc) is 2.84. The molecule has 122 valence electrons. The third-order valence-electron chi connectivity index (χ3n) is 8.45. The average molecular weight is 301 g/mol. The minimum absolute atomic E-state index is 0.286. The second kappa shape index (κ2) is 4.85. The number of carbonyl (C=O) groups excluding carboxylic acids is 1. The van der Waals surface area contributed by atoms with Gasteiger partial charge in [0.25, 0.3) is 0 Å². The van der Waals surface area contributed by atoms with E-state index < -0.39 is 0 Å². The molecule has 4 rings (SSSR count). The molecular weight excluding hydrogens is 270 g/mol. The van der Waals surface area contributed by atoms with E-state index in [4.69, 9.17) is 0 Å². The summed E-state index contributed by atoms with van der Waals surface area (Å²) in [4.78, 5) is 11.8. The van der Waals surface area contributed by atoms with Crippen LogP contribution in [0.15, 0.2) is 12.7 Å². The third kappa shape index (κ3) is 1.82. The standard InChI is InChI=1S/C20H31NO/c1-4-13-5-7-15-14-6-8-17-20(3,12-10-18(22)21-17)16(14)9-11-19(13,15)2/h4,13-17H,1,5-12H2,2-3H3,(H,21,22). The zero-order valence-corrected chi connectivity index (χ0v) is 14.2. The molecule has 0 aromatic carbocycles. The first-order valence-corrected chi connectivity index (χ1v) is 9.41. The zero-order valence-electron chi connectivity index (χ0n) is 14.2. The molecule has 22 heavy (non-hydrogen) atoms. The predicted molar refractivity (Wildman–Crippen MR) is 89.2 cm³/mol. The van der Waals surface area contributed by atoms with Crippen molar-refractivity contribution >= 4 is 5.91 Å². The number of carbonyl (C=O) groups is 1. The van der Waals surface area contributed by atoms with Crippen molar-refractivity contribution in [3.63, 3.8) is 0 Å². The Balaban J connectivity index is 1.63. The van der Waals surface area contributed by atoms with Crippen molar-refractivity contribution in [2.24, 2.45) is 34.5 Å². The number of hydrogen-bond donors (Lipinski definition) is 1. The molecule has 3 aliphatic carbocycles. The number of amides is 1.